The van der Waals surface area contributed by atoms with Gasteiger partial charge in [-0.1, -0.05) is 6.92 Å². The normalized spacial score (nSPS) is 15.6. The highest BCUT2D eigenvalue weighted by Gasteiger charge is 2.17. The molecule has 1 aromatic rings. The maximum atomic E-state index is 5.81. The van der Waals surface area contributed by atoms with Gasteiger partial charge in [-0.15, -0.1) is 24.0 Å². The summed E-state index contributed by atoms with van der Waals surface area (Å²) in [5.41, 5.74) is 0. The smallest absolute Gasteiger partial charge is 0.193 e. The maximum absolute atomic E-state index is 5.81. The van der Waals surface area contributed by atoms with Gasteiger partial charge >= 0.3 is 0 Å². The molecule has 7 heteroatoms. The molecule has 0 saturated carbocycles. The molecular weight excluding hydrogens is 467 g/mol. The zero-order valence-electron chi connectivity index (χ0n) is 17.8. The SMILES string of the molecule is CCN1CCC(CCNC(=NC)N(C)CCOc2ccc(OC)cc2)CC1.I. The van der Waals surface area contributed by atoms with Gasteiger partial charge in [0, 0.05) is 20.6 Å². The third kappa shape index (κ3) is 8.43. The number of methoxy groups -OCH3 is 1. The van der Waals surface area contributed by atoms with Gasteiger partial charge in [-0.2, -0.15) is 0 Å². The number of likely N-dealkylation sites (tertiary alicyclic amines) is 1. The predicted molar refractivity (Wildman–Crippen MR) is 127 cm³/mol. The van der Waals surface area contributed by atoms with Gasteiger partial charge in [0.2, 0.25) is 0 Å². The van der Waals surface area contributed by atoms with Crippen LogP contribution in [0.5, 0.6) is 11.5 Å². The van der Waals surface area contributed by atoms with E-state index in [2.05, 4.69) is 27.0 Å². The Morgan fingerprint density at radius 1 is 1.21 bits per heavy atom. The highest BCUT2D eigenvalue weighted by atomic mass is 127. The van der Waals surface area contributed by atoms with Crippen LogP contribution < -0.4 is 14.8 Å². The van der Waals surface area contributed by atoms with Crippen molar-refractivity contribution >= 4 is 29.9 Å². The number of hydrogen-bond donors (Lipinski definition) is 1. The molecular formula is C21H37IN4O2. The van der Waals surface area contributed by atoms with E-state index in [1.165, 1.54) is 38.9 Å². The molecule has 0 aliphatic carbocycles. The molecule has 0 radical (unpaired) electrons. The van der Waals surface area contributed by atoms with E-state index in [9.17, 15) is 0 Å². The van der Waals surface area contributed by atoms with Crippen molar-refractivity contribution in [3.05, 3.63) is 24.3 Å². The third-order valence-electron chi connectivity index (χ3n) is 5.32. The van der Waals surface area contributed by atoms with E-state index in [-0.39, 0.29) is 24.0 Å². The number of guanidine groups is 1. The standard InChI is InChI=1S/C21H36N4O2.HI/c1-5-25-14-11-18(12-15-25)10-13-23-21(22-2)24(3)16-17-27-20-8-6-19(26-4)7-9-20;/h6-9,18H,5,10-17H2,1-4H3,(H,22,23);1H. The molecule has 1 aliphatic heterocycles. The summed E-state index contributed by atoms with van der Waals surface area (Å²) in [5, 5.41) is 3.50. The van der Waals surface area contributed by atoms with Crippen molar-refractivity contribution in [3.8, 4) is 11.5 Å². The molecule has 0 unspecified atom stereocenters. The molecule has 1 aromatic carbocycles. The second-order valence-electron chi connectivity index (χ2n) is 7.09. The first-order valence-electron chi connectivity index (χ1n) is 10.1. The van der Waals surface area contributed by atoms with Gasteiger partial charge in [0.15, 0.2) is 5.96 Å². The van der Waals surface area contributed by atoms with Crippen LogP contribution >= 0.6 is 24.0 Å². The van der Waals surface area contributed by atoms with Crippen LogP contribution in [-0.2, 0) is 0 Å². The van der Waals surface area contributed by atoms with Crippen LogP contribution in [0.3, 0.4) is 0 Å². The van der Waals surface area contributed by atoms with Gasteiger partial charge in [-0.25, -0.2) is 0 Å². The number of piperidine rings is 1. The van der Waals surface area contributed by atoms with Gasteiger partial charge in [0.05, 0.1) is 13.7 Å². The van der Waals surface area contributed by atoms with E-state index in [1.807, 2.05) is 38.4 Å². The lowest BCUT2D eigenvalue weighted by atomic mass is 9.93. The Morgan fingerprint density at radius 2 is 1.86 bits per heavy atom. The zero-order valence-corrected chi connectivity index (χ0v) is 20.1. The number of nitrogens with one attached hydrogen (secondary N) is 1. The zero-order chi connectivity index (χ0) is 19.5. The first kappa shape index (κ1) is 24.8. The fourth-order valence-corrected chi connectivity index (χ4v) is 3.44. The molecule has 0 spiro atoms. The van der Waals surface area contributed by atoms with Crippen LogP contribution in [0.1, 0.15) is 26.2 Å². The second-order valence-corrected chi connectivity index (χ2v) is 7.09. The summed E-state index contributed by atoms with van der Waals surface area (Å²) in [5.74, 6) is 3.46. The highest BCUT2D eigenvalue weighted by Crippen LogP contribution is 2.19. The van der Waals surface area contributed by atoms with Crippen LogP contribution in [0.15, 0.2) is 29.3 Å². The largest absolute Gasteiger partial charge is 0.497 e. The summed E-state index contributed by atoms with van der Waals surface area (Å²) in [6.45, 7) is 8.30. The fraction of sp³-hybridized carbons (Fsp3) is 0.667. The van der Waals surface area contributed by atoms with Crippen molar-refractivity contribution in [2.24, 2.45) is 10.9 Å². The summed E-state index contributed by atoms with van der Waals surface area (Å²) < 4.78 is 11.0. The molecule has 0 aromatic heterocycles. The summed E-state index contributed by atoms with van der Waals surface area (Å²) in [6.07, 6.45) is 3.85. The summed E-state index contributed by atoms with van der Waals surface area (Å²) in [7, 11) is 5.55. The molecule has 1 saturated heterocycles. The maximum Gasteiger partial charge on any atom is 0.193 e. The van der Waals surface area contributed by atoms with E-state index in [0.717, 1.165) is 36.5 Å². The van der Waals surface area contributed by atoms with Crippen LogP contribution in [0, 0.1) is 5.92 Å². The van der Waals surface area contributed by atoms with E-state index in [4.69, 9.17) is 9.47 Å². The van der Waals surface area contributed by atoms with E-state index < -0.39 is 0 Å². The van der Waals surface area contributed by atoms with Gasteiger partial charge in [0.1, 0.15) is 18.1 Å². The number of hydrogen-bond acceptors (Lipinski definition) is 4. The minimum absolute atomic E-state index is 0. The molecule has 1 N–H and O–H groups in total. The monoisotopic (exact) mass is 504 g/mol. The first-order valence-corrected chi connectivity index (χ1v) is 10.1. The predicted octanol–water partition coefficient (Wildman–Crippen LogP) is 3.32. The number of likely N-dealkylation sites (N-methyl/N-ethyl adjacent to an activating group) is 1. The molecule has 1 aliphatic rings. The van der Waals surface area contributed by atoms with E-state index in [0.29, 0.717) is 6.61 Å². The van der Waals surface area contributed by atoms with Crippen LogP contribution in [-0.4, -0.2) is 76.3 Å². The van der Waals surface area contributed by atoms with E-state index in [1.54, 1.807) is 7.11 Å². The Balaban J connectivity index is 0.00000392. The van der Waals surface area contributed by atoms with E-state index >= 15 is 0 Å². The van der Waals surface area contributed by atoms with Gasteiger partial charge in [-0.3, -0.25) is 4.99 Å². The van der Waals surface area contributed by atoms with Crippen molar-refractivity contribution < 1.29 is 9.47 Å². The summed E-state index contributed by atoms with van der Waals surface area (Å²) in [4.78, 5) is 9.05. The second kappa shape index (κ2) is 13.9. The molecule has 160 valence electrons. The molecule has 0 bridgehead atoms. The highest BCUT2D eigenvalue weighted by molar-refractivity contribution is 14.0. The Labute approximate surface area is 187 Å². The minimum atomic E-state index is 0. The molecule has 1 heterocycles. The van der Waals surface area contributed by atoms with Gasteiger partial charge in [0.25, 0.3) is 0 Å². The van der Waals surface area contributed by atoms with Gasteiger partial charge in [-0.05, 0) is 69.1 Å². The van der Waals surface area contributed by atoms with Crippen LogP contribution in [0.25, 0.3) is 0 Å². The van der Waals surface area contributed by atoms with Crippen LogP contribution in [0.2, 0.25) is 0 Å². The van der Waals surface area contributed by atoms with Crippen molar-refractivity contribution in [2.75, 3.05) is 60.5 Å². The lowest BCUT2D eigenvalue weighted by Crippen LogP contribution is -2.42. The molecule has 28 heavy (non-hydrogen) atoms. The average molecular weight is 504 g/mol. The quantitative estimate of drug-likeness (QED) is 0.318. The van der Waals surface area contributed by atoms with Crippen molar-refractivity contribution in [3.63, 3.8) is 0 Å². The van der Waals surface area contributed by atoms with Crippen molar-refractivity contribution in [1.82, 2.24) is 15.1 Å². The number of halogens is 1. The fourth-order valence-electron chi connectivity index (χ4n) is 3.44. The number of rotatable bonds is 9. The Kier molecular flexibility index (Phi) is 12.3. The Bertz CT molecular complexity index is 560. The number of benzene rings is 1. The minimum Gasteiger partial charge on any atom is -0.497 e. The lowest BCUT2D eigenvalue weighted by Gasteiger charge is -2.31. The molecule has 0 atom stereocenters. The Morgan fingerprint density at radius 3 is 2.43 bits per heavy atom. The van der Waals surface area contributed by atoms with Crippen molar-refractivity contribution in [2.45, 2.75) is 26.2 Å². The number of nitrogens with zero attached hydrogens (tertiary/aromatic N) is 3. The lowest BCUT2D eigenvalue weighted by molar-refractivity contribution is 0.187. The number of ether oxygens (including phenoxy) is 2. The summed E-state index contributed by atoms with van der Waals surface area (Å²) >= 11 is 0. The average Bonchev–Trinajstić information content (AvgIpc) is 2.72. The first-order chi connectivity index (χ1) is 13.2. The van der Waals surface area contributed by atoms with Crippen LogP contribution in [0.4, 0.5) is 0 Å². The molecule has 1 fully saturated rings. The molecule has 2 rings (SSSR count). The molecule has 6 nitrogen and oxygen atoms in total. The topological polar surface area (TPSA) is 49.3 Å². The van der Waals surface area contributed by atoms with Gasteiger partial charge < -0.3 is 24.6 Å². The third-order valence-corrected chi connectivity index (χ3v) is 5.32. The number of aliphatic imine (C=N–C) groups is 1. The molecule has 0 amide bonds. The summed E-state index contributed by atoms with van der Waals surface area (Å²) in [6, 6.07) is 7.67. The van der Waals surface area contributed by atoms with Crippen molar-refractivity contribution in [1.29, 1.82) is 0 Å². The Hall–Kier alpha value is -1.22.